The van der Waals surface area contributed by atoms with E-state index < -0.39 is 9.84 Å². The minimum Gasteiger partial charge on any atom is -0.345 e. The number of hydrogen-bond acceptors (Lipinski definition) is 7. The van der Waals surface area contributed by atoms with E-state index in [1.807, 2.05) is 6.07 Å². The minimum atomic E-state index is -3.33. The third-order valence-corrected chi connectivity index (χ3v) is 6.83. The minimum absolute atomic E-state index is 0.0780. The summed E-state index contributed by atoms with van der Waals surface area (Å²) < 4.78 is 26.5. The van der Waals surface area contributed by atoms with Gasteiger partial charge in [0.05, 0.1) is 9.60 Å². The number of piperazine rings is 1. The van der Waals surface area contributed by atoms with Gasteiger partial charge in [-0.15, -0.1) is 0 Å². The molecule has 0 radical (unpaired) electrons. The number of sulfone groups is 1. The Morgan fingerprint density at radius 2 is 1.93 bits per heavy atom. The fraction of sp³-hybridized carbons (Fsp3) is 0.353. The molecule has 3 heterocycles. The first kappa shape index (κ1) is 17.9. The Morgan fingerprint density at radius 1 is 1.19 bits per heavy atom. The third-order valence-electron chi connectivity index (χ3n) is 4.62. The van der Waals surface area contributed by atoms with Crippen molar-refractivity contribution in [1.29, 1.82) is 0 Å². The van der Waals surface area contributed by atoms with Crippen LogP contribution in [0.4, 0.5) is 5.13 Å². The molecule has 1 amide bonds. The van der Waals surface area contributed by atoms with Gasteiger partial charge in [-0.3, -0.25) is 4.79 Å². The Hall–Kier alpha value is -2.46. The molecule has 0 spiro atoms. The molecule has 0 N–H and O–H groups in total. The summed E-state index contributed by atoms with van der Waals surface area (Å²) in [6.45, 7) is 2.43. The van der Waals surface area contributed by atoms with Crippen molar-refractivity contribution in [1.82, 2.24) is 19.4 Å². The van der Waals surface area contributed by atoms with Gasteiger partial charge >= 0.3 is 0 Å². The molecule has 142 valence electrons. The van der Waals surface area contributed by atoms with Crippen LogP contribution in [0.3, 0.4) is 0 Å². The molecule has 4 rings (SSSR count). The summed E-state index contributed by atoms with van der Waals surface area (Å²) in [7, 11) is -1.53. The predicted octanol–water partition coefficient (Wildman–Crippen LogP) is 1.40. The Kier molecular flexibility index (Phi) is 4.39. The van der Waals surface area contributed by atoms with E-state index in [2.05, 4.69) is 14.9 Å². The molecule has 1 fully saturated rings. The molecule has 2 aromatic heterocycles. The third kappa shape index (κ3) is 3.30. The molecule has 27 heavy (non-hydrogen) atoms. The molecule has 3 aromatic rings. The molecule has 8 nitrogen and oxygen atoms in total. The van der Waals surface area contributed by atoms with Gasteiger partial charge in [-0.25, -0.2) is 18.4 Å². The smallest absolute Gasteiger partial charge is 0.289 e. The molecular weight excluding hydrogens is 386 g/mol. The van der Waals surface area contributed by atoms with Gasteiger partial charge in [0, 0.05) is 51.9 Å². The summed E-state index contributed by atoms with van der Waals surface area (Å²) in [6, 6.07) is 5.21. The maximum Gasteiger partial charge on any atom is 0.289 e. The molecule has 0 atom stereocenters. The number of amides is 1. The van der Waals surface area contributed by atoms with E-state index in [1.54, 1.807) is 41.0 Å². The fourth-order valence-electron chi connectivity index (χ4n) is 3.16. The van der Waals surface area contributed by atoms with Crippen LogP contribution >= 0.6 is 11.3 Å². The van der Waals surface area contributed by atoms with Gasteiger partial charge in [0.2, 0.25) is 0 Å². The number of hydrogen-bond donors (Lipinski definition) is 0. The molecule has 10 heteroatoms. The molecule has 1 saturated heterocycles. The van der Waals surface area contributed by atoms with Gasteiger partial charge in [0.25, 0.3) is 5.91 Å². The molecule has 0 aliphatic carbocycles. The number of benzene rings is 1. The van der Waals surface area contributed by atoms with Crippen LogP contribution in [0.2, 0.25) is 0 Å². The summed E-state index contributed by atoms with van der Waals surface area (Å²) in [6.07, 6.45) is 4.57. The summed E-state index contributed by atoms with van der Waals surface area (Å²) in [4.78, 5) is 25.4. The first-order valence-corrected chi connectivity index (χ1v) is 11.2. The number of thiazole rings is 1. The number of para-hydroxylation sites is 1. The second-order valence-electron chi connectivity index (χ2n) is 6.51. The standard InChI is InChI=1S/C17H19N5O3S2/c1-20-7-6-18-15(20)16(23)21-8-10-22(11-9-21)17-19-14-12(26-17)4-3-5-13(14)27(2,24)25/h3-7H,8-11H2,1-2H3. The van der Waals surface area contributed by atoms with E-state index in [0.717, 1.165) is 9.83 Å². The Labute approximate surface area is 161 Å². The average molecular weight is 406 g/mol. The SMILES string of the molecule is Cn1ccnc1C(=O)N1CCN(c2nc3c(S(C)(=O)=O)cccc3s2)CC1. The molecular formula is C17H19N5O3S2. The van der Waals surface area contributed by atoms with E-state index in [1.165, 1.54) is 17.6 Å². The molecule has 1 aliphatic heterocycles. The van der Waals surface area contributed by atoms with Gasteiger partial charge in [-0.1, -0.05) is 17.4 Å². The fourth-order valence-corrected chi connectivity index (χ4v) is 5.10. The highest BCUT2D eigenvalue weighted by atomic mass is 32.2. The zero-order valence-electron chi connectivity index (χ0n) is 15.0. The maximum absolute atomic E-state index is 12.6. The van der Waals surface area contributed by atoms with Gasteiger partial charge in [-0.05, 0) is 12.1 Å². The topological polar surface area (TPSA) is 88.4 Å². The van der Waals surface area contributed by atoms with E-state index >= 15 is 0 Å². The molecule has 1 aliphatic rings. The first-order chi connectivity index (χ1) is 12.8. The summed E-state index contributed by atoms with van der Waals surface area (Å²) in [5, 5.41) is 0.783. The monoisotopic (exact) mass is 405 g/mol. The van der Waals surface area contributed by atoms with Crippen molar-refractivity contribution in [3.63, 3.8) is 0 Å². The Morgan fingerprint density at radius 3 is 2.56 bits per heavy atom. The van der Waals surface area contributed by atoms with Crippen LogP contribution in [-0.2, 0) is 16.9 Å². The predicted molar refractivity (Wildman–Crippen MR) is 104 cm³/mol. The second kappa shape index (κ2) is 6.61. The number of rotatable bonds is 3. The van der Waals surface area contributed by atoms with Crippen molar-refractivity contribution in [3.8, 4) is 0 Å². The number of anilines is 1. The van der Waals surface area contributed by atoms with Crippen molar-refractivity contribution in [2.24, 2.45) is 7.05 Å². The van der Waals surface area contributed by atoms with Crippen molar-refractivity contribution < 1.29 is 13.2 Å². The number of imidazole rings is 1. The van der Waals surface area contributed by atoms with Crippen LogP contribution in [-0.4, -0.2) is 66.2 Å². The van der Waals surface area contributed by atoms with Crippen molar-refractivity contribution >= 4 is 42.4 Å². The van der Waals surface area contributed by atoms with Gasteiger partial charge < -0.3 is 14.4 Å². The number of carbonyl (C=O) groups excluding carboxylic acids is 1. The van der Waals surface area contributed by atoms with Crippen LogP contribution in [0.15, 0.2) is 35.5 Å². The number of aromatic nitrogens is 3. The van der Waals surface area contributed by atoms with Gasteiger partial charge in [0.1, 0.15) is 5.52 Å². The number of aryl methyl sites for hydroxylation is 1. The molecule has 0 unspecified atom stereocenters. The van der Waals surface area contributed by atoms with Crippen LogP contribution in [0, 0.1) is 0 Å². The summed E-state index contributed by atoms with van der Waals surface area (Å²) >= 11 is 1.47. The number of fused-ring (bicyclic) bond motifs is 1. The lowest BCUT2D eigenvalue weighted by Gasteiger charge is -2.34. The van der Waals surface area contributed by atoms with Gasteiger partial charge in [0.15, 0.2) is 20.8 Å². The highest BCUT2D eigenvalue weighted by Gasteiger charge is 2.26. The van der Waals surface area contributed by atoms with Crippen LogP contribution < -0.4 is 4.90 Å². The van der Waals surface area contributed by atoms with E-state index in [9.17, 15) is 13.2 Å². The number of nitrogens with zero attached hydrogens (tertiary/aromatic N) is 5. The average Bonchev–Trinajstić information content (AvgIpc) is 3.26. The first-order valence-electron chi connectivity index (χ1n) is 8.46. The van der Waals surface area contributed by atoms with Gasteiger partial charge in [-0.2, -0.15) is 0 Å². The summed E-state index contributed by atoms with van der Waals surface area (Å²) in [5.41, 5.74) is 0.520. The Balaban J connectivity index is 1.53. The van der Waals surface area contributed by atoms with E-state index in [-0.39, 0.29) is 10.8 Å². The van der Waals surface area contributed by atoms with E-state index in [0.29, 0.717) is 37.5 Å². The quantitative estimate of drug-likeness (QED) is 0.654. The second-order valence-corrected chi connectivity index (χ2v) is 9.51. The van der Waals surface area contributed by atoms with Crippen LogP contribution in [0.1, 0.15) is 10.6 Å². The summed E-state index contributed by atoms with van der Waals surface area (Å²) in [5.74, 6) is 0.354. The molecule has 0 bridgehead atoms. The zero-order valence-corrected chi connectivity index (χ0v) is 16.6. The van der Waals surface area contributed by atoms with Crippen molar-refractivity contribution in [3.05, 3.63) is 36.4 Å². The van der Waals surface area contributed by atoms with Crippen molar-refractivity contribution in [2.45, 2.75) is 4.90 Å². The largest absolute Gasteiger partial charge is 0.345 e. The Bertz CT molecular complexity index is 1110. The molecule has 1 aromatic carbocycles. The lowest BCUT2D eigenvalue weighted by molar-refractivity contribution is 0.0731. The molecule has 0 saturated carbocycles. The zero-order chi connectivity index (χ0) is 19.2. The lowest BCUT2D eigenvalue weighted by atomic mass is 10.3. The lowest BCUT2D eigenvalue weighted by Crippen LogP contribution is -2.49. The van der Waals surface area contributed by atoms with E-state index in [4.69, 9.17) is 0 Å². The van der Waals surface area contributed by atoms with Crippen LogP contribution in [0.25, 0.3) is 10.2 Å². The van der Waals surface area contributed by atoms with Crippen molar-refractivity contribution in [2.75, 3.05) is 37.3 Å². The number of carbonyl (C=O) groups is 1. The maximum atomic E-state index is 12.6. The van der Waals surface area contributed by atoms with Crippen LogP contribution in [0.5, 0.6) is 0 Å². The highest BCUT2D eigenvalue weighted by Crippen LogP contribution is 2.33. The normalized spacial score (nSPS) is 15.5. The highest BCUT2D eigenvalue weighted by molar-refractivity contribution is 7.91.